The van der Waals surface area contributed by atoms with Crippen molar-refractivity contribution >= 4 is 5.97 Å². The van der Waals surface area contributed by atoms with Crippen LogP contribution >= 0.6 is 0 Å². The maximum atomic E-state index is 11.3. The first kappa shape index (κ1) is 13.1. The lowest BCUT2D eigenvalue weighted by Crippen LogP contribution is -2.30. The lowest BCUT2D eigenvalue weighted by molar-refractivity contribution is -0.139. The summed E-state index contributed by atoms with van der Waals surface area (Å²) >= 11 is 0. The van der Waals surface area contributed by atoms with Crippen LogP contribution in [-0.4, -0.2) is 17.1 Å². The van der Waals surface area contributed by atoms with Crippen molar-refractivity contribution in [1.29, 1.82) is 0 Å². The fourth-order valence-corrected chi connectivity index (χ4v) is 2.11. The van der Waals surface area contributed by atoms with Crippen molar-refractivity contribution in [3.63, 3.8) is 0 Å². The molecule has 1 unspecified atom stereocenters. The molecule has 0 aliphatic heterocycles. The van der Waals surface area contributed by atoms with Gasteiger partial charge in [-0.1, -0.05) is 38.1 Å². The normalized spacial score (nSPS) is 16.8. The van der Waals surface area contributed by atoms with Crippen LogP contribution in [0.15, 0.2) is 24.3 Å². The average Bonchev–Trinajstić information content (AvgIpc) is 3.10. The molecule has 1 aromatic rings. The average molecular weight is 247 g/mol. The highest BCUT2D eigenvalue weighted by Gasteiger charge is 2.29. The standard InChI is InChI=1S/C15H21NO2/c1-10(2)9-11-3-5-12(6-4-11)14(15(17)18)16-13-7-8-13/h3-6,10,13-14,16H,7-9H2,1-2H3,(H,17,18). The van der Waals surface area contributed by atoms with Crippen LogP contribution in [0.3, 0.4) is 0 Å². The van der Waals surface area contributed by atoms with Gasteiger partial charge in [0.05, 0.1) is 0 Å². The Hall–Kier alpha value is -1.35. The highest BCUT2D eigenvalue weighted by molar-refractivity contribution is 5.75. The Kier molecular flexibility index (Phi) is 4.02. The van der Waals surface area contributed by atoms with E-state index in [9.17, 15) is 9.90 Å². The highest BCUT2D eigenvalue weighted by atomic mass is 16.4. The molecule has 0 bridgehead atoms. The van der Waals surface area contributed by atoms with Crippen molar-refractivity contribution in [2.75, 3.05) is 0 Å². The van der Waals surface area contributed by atoms with Gasteiger partial charge >= 0.3 is 5.97 Å². The van der Waals surface area contributed by atoms with E-state index in [1.807, 2.05) is 24.3 Å². The molecular formula is C15H21NO2. The smallest absolute Gasteiger partial charge is 0.325 e. The molecule has 1 aromatic carbocycles. The van der Waals surface area contributed by atoms with Crippen molar-refractivity contribution in [3.05, 3.63) is 35.4 Å². The molecule has 3 nitrogen and oxygen atoms in total. The van der Waals surface area contributed by atoms with Gasteiger partial charge in [-0.15, -0.1) is 0 Å². The van der Waals surface area contributed by atoms with Crippen molar-refractivity contribution in [2.45, 2.75) is 45.2 Å². The van der Waals surface area contributed by atoms with Crippen molar-refractivity contribution in [3.8, 4) is 0 Å². The third-order valence-corrected chi connectivity index (χ3v) is 3.18. The van der Waals surface area contributed by atoms with Gasteiger partial charge in [-0.2, -0.15) is 0 Å². The monoisotopic (exact) mass is 247 g/mol. The van der Waals surface area contributed by atoms with E-state index in [1.54, 1.807) is 0 Å². The van der Waals surface area contributed by atoms with E-state index in [0.29, 0.717) is 12.0 Å². The molecule has 1 atom stereocenters. The summed E-state index contributed by atoms with van der Waals surface area (Å²) in [7, 11) is 0. The number of rotatable bonds is 6. The maximum absolute atomic E-state index is 11.3. The zero-order chi connectivity index (χ0) is 13.1. The van der Waals surface area contributed by atoms with Crippen LogP contribution in [0.4, 0.5) is 0 Å². The van der Waals surface area contributed by atoms with Gasteiger partial charge in [-0.25, -0.2) is 0 Å². The predicted molar refractivity (Wildman–Crippen MR) is 71.5 cm³/mol. The van der Waals surface area contributed by atoms with Gasteiger partial charge in [0, 0.05) is 6.04 Å². The van der Waals surface area contributed by atoms with E-state index in [2.05, 4.69) is 19.2 Å². The Morgan fingerprint density at radius 2 is 1.94 bits per heavy atom. The zero-order valence-electron chi connectivity index (χ0n) is 11.0. The van der Waals surface area contributed by atoms with Crippen LogP contribution in [0.25, 0.3) is 0 Å². The second-order valence-electron chi connectivity index (χ2n) is 5.55. The predicted octanol–water partition coefficient (Wildman–Crippen LogP) is 2.76. The van der Waals surface area contributed by atoms with Crippen molar-refractivity contribution < 1.29 is 9.90 Å². The molecule has 3 heteroatoms. The van der Waals surface area contributed by atoms with Crippen molar-refractivity contribution in [1.82, 2.24) is 5.32 Å². The molecule has 2 rings (SSSR count). The molecule has 2 N–H and O–H groups in total. The lowest BCUT2D eigenvalue weighted by atomic mass is 9.99. The summed E-state index contributed by atoms with van der Waals surface area (Å²) in [6, 6.07) is 7.78. The first-order valence-corrected chi connectivity index (χ1v) is 6.64. The van der Waals surface area contributed by atoms with E-state index >= 15 is 0 Å². The third-order valence-electron chi connectivity index (χ3n) is 3.18. The number of hydrogen-bond acceptors (Lipinski definition) is 2. The number of benzene rings is 1. The van der Waals surface area contributed by atoms with Gasteiger partial charge in [-0.05, 0) is 36.3 Å². The summed E-state index contributed by atoms with van der Waals surface area (Å²) < 4.78 is 0. The van der Waals surface area contributed by atoms with Gasteiger partial charge in [0.25, 0.3) is 0 Å². The second kappa shape index (κ2) is 5.53. The number of nitrogens with one attached hydrogen (secondary N) is 1. The summed E-state index contributed by atoms with van der Waals surface area (Å²) in [5.41, 5.74) is 2.12. The number of carboxylic acid groups (broad SMARTS) is 1. The Morgan fingerprint density at radius 1 is 1.33 bits per heavy atom. The molecule has 18 heavy (non-hydrogen) atoms. The largest absolute Gasteiger partial charge is 0.480 e. The molecule has 0 heterocycles. The number of hydrogen-bond donors (Lipinski definition) is 2. The molecule has 0 radical (unpaired) electrons. The molecule has 0 amide bonds. The van der Waals surface area contributed by atoms with Crippen LogP contribution < -0.4 is 5.32 Å². The zero-order valence-corrected chi connectivity index (χ0v) is 11.0. The minimum Gasteiger partial charge on any atom is -0.480 e. The van der Waals surface area contributed by atoms with E-state index in [-0.39, 0.29) is 0 Å². The minimum atomic E-state index is -0.793. The Labute approximate surface area is 108 Å². The summed E-state index contributed by atoms with van der Waals surface area (Å²) in [6.45, 7) is 4.37. The number of carbonyl (C=O) groups is 1. The second-order valence-corrected chi connectivity index (χ2v) is 5.55. The van der Waals surface area contributed by atoms with Crippen molar-refractivity contribution in [2.24, 2.45) is 5.92 Å². The van der Waals surface area contributed by atoms with E-state index in [1.165, 1.54) is 5.56 Å². The highest BCUT2D eigenvalue weighted by Crippen LogP contribution is 2.24. The van der Waals surface area contributed by atoms with Gasteiger partial charge in [0.1, 0.15) is 6.04 Å². The molecule has 0 spiro atoms. The molecule has 0 aromatic heterocycles. The fraction of sp³-hybridized carbons (Fsp3) is 0.533. The van der Waals surface area contributed by atoms with Gasteiger partial charge in [0.2, 0.25) is 0 Å². The first-order chi connectivity index (χ1) is 8.56. The Morgan fingerprint density at radius 3 is 2.39 bits per heavy atom. The van der Waals surface area contributed by atoms with Crippen LogP contribution in [0, 0.1) is 5.92 Å². The minimum absolute atomic E-state index is 0.390. The van der Waals surface area contributed by atoms with E-state index in [0.717, 1.165) is 24.8 Å². The first-order valence-electron chi connectivity index (χ1n) is 6.64. The topological polar surface area (TPSA) is 49.3 Å². The summed E-state index contributed by atoms with van der Waals surface area (Å²) in [4.78, 5) is 11.3. The molecule has 1 fully saturated rings. The lowest BCUT2D eigenvalue weighted by Gasteiger charge is -2.15. The van der Waals surface area contributed by atoms with Crippen LogP contribution in [0.1, 0.15) is 43.9 Å². The van der Waals surface area contributed by atoms with Crippen LogP contribution in [0.2, 0.25) is 0 Å². The van der Waals surface area contributed by atoms with Gasteiger partial charge in [-0.3, -0.25) is 10.1 Å². The summed E-state index contributed by atoms with van der Waals surface area (Å²) in [6.07, 6.45) is 3.22. The van der Waals surface area contributed by atoms with Crippen LogP contribution in [0.5, 0.6) is 0 Å². The molecule has 1 saturated carbocycles. The van der Waals surface area contributed by atoms with Gasteiger partial charge in [0.15, 0.2) is 0 Å². The third kappa shape index (κ3) is 3.57. The SMILES string of the molecule is CC(C)Cc1ccc(C(NC2CC2)C(=O)O)cc1. The molecule has 1 aliphatic carbocycles. The number of carboxylic acids is 1. The Balaban J connectivity index is 2.07. The Bertz CT molecular complexity index is 407. The molecule has 98 valence electrons. The maximum Gasteiger partial charge on any atom is 0.325 e. The quantitative estimate of drug-likeness (QED) is 0.812. The van der Waals surface area contributed by atoms with E-state index in [4.69, 9.17) is 0 Å². The summed E-state index contributed by atoms with van der Waals surface area (Å²) in [5.74, 6) is -0.172. The van der Waals surface area contributed by atoms with Gasteiger partial charge < -0.3 is 5.11 Å². The number of aliphatic carboxylic acids is 1. The van der Waals surface area contributed by atoms with Crippen LogP contribution in [-0.2, 0) is 11.2 Å². The molecular weight excluding hydrogens is 226 g/mol. The molecule has 1 aliphatic rings. The molecule has 0 saturated heterocycles. The summed E-state index contributed by atoms with van der Waals surface area (Å²) in [5, 5.41) is 12.4. The fourth-order valence-electron chi connectivity index (χ4n) is 2.11. The van der Waals surface area contributed by atoms with E-state index < -0.39 is 12.0 Å².